The summed E-state index contributed by atoms with van der Waals surface area (Å²) < 4.78 is 52.4. The van der Waals surface area contributed by atoms with Crippen LogP contribution in [0, 0.1) is 11.6 Å². The van der Waals surface area contributed by atoms with E-state index in [1.165, 1.54) is 12.1 Å². The van der Waals surface area contributed by atoms with Crippen molar-refractivity contribution in [1.82, 2.24) is 4.98 Å². The molecule has 0 saturated carbocycles. The average Bonchev–Trinajstić information content (AvgIpc) is 2.59. The first kappa shape index (κ1) is 17.1. The second-order valence-corrected chi connectivity index (χ2v) is 8.71. The molecule has 0 spiro atoms. The van der Waals surface area contributed by atoms with Crippen LogP contribution < -0.4 is 0 Å². The molecule has 6 heteroatoms. The first-order valence-corrected chi connectivity index (χ1v) is 10.3. The zero-order valence-electron chi connectivity index (χ0n) is 14.2. The lowest BCUT2D eigenvalue weighted by atomic mass is 9.77. The van der Waals surface area contributed by atoms with Gasteiger partial charge in [0.25, 0.3) is 0 Å². The molecule has 1 atom stereocenters. The molecule has 1 aliphatic rings. The molecule has 0 aliphatic heterocycles. The zero-order valence-corrected chi connectivity index (χ0v) is 15.0. The maximum atomic E-state index is 14.6. The molecule has 0 radical (unpaired) electrons. The second-order valence-electron chi connectivity index (χ2n) is 6.73. The largest absolute Gasteiger partial charge is 0.255 e. The van der Waals surface area contributed by atoms with E-state index in [1.807, 2.05) is 6.07 Å². The van der Waals surface area contributed by atoms with Crippen LogP contribution in [-0.2, 0) is 16.3 Å². The van der Waals surface area contributed by atoms with Crippen LogP contribution in [0.5, 0.6) is 0 Å². The minimum absolute atomic E-state index is 0.160. The minimum atomic E-state index is -3.44. The van der Waals surface area contributed by atoms with Crippen molar-refractivity contribution in [2.75, 3.05) is 6.26 Å². The van der Waals surface area contributed by atoms with Crippen LogP contribution in [0.1, 0.15) is 35.4 Å². The van der Waals surface area contributed by atoms with Crippen molar-refractivity contribution < 1.29 is 17.2 Å². The molecule has 0 amide bonds. The van der Waals surface area contributed by atoms with Crippen molar-refractivity contribution in [2.45, 2.75) is 30.1 Å². The SMILES string of the molecule is CS(=O)(=O)c1ccc(C2CCCc3cc(F)cc(F)c32)c2cccnc12. The summed E-state index contributed by atoms with van der Waals surface area (Å²) >= 11 is 0. The van der Waals surface area contributed by atoms with E-state index in [0.29, 0.717) is 28.5 Å². The molecule has 3 nitrogen and oxygen atoms in total. The summed E-state index contributed by atoms with van der Waals surface area (Å²) in [6.45, 7) is 0. The Labute approximate surface area is 150 Å². The van der Waals surface area contributed by atoms with E-state index in [4.69, 9.17) is 0 Å². The molecular formula is C20H17F2NO2S. The molecule has 1 aliphatic carbocycles. The number of sulfone groups is 1. The highest BCUT2D eigenvalue weighted by Gasteiger charge is 2.28. The number of benzene rings is 2. The highest BCUT2D eigenvalue weighted by Crippen LogP contribution is 2.41. The summed E-state index contributed by atoms with van der Waals surface area (Å²) in [5.74, 6) is -1.37. The third-order valence-electron chi connectivity index (χ3n) is 5.01. The molecule has 3 aromatic rings. The quantitative estimate of drug-likeness (QED) is 0.670. The highest BCUT2D eigenvalue weighted by atomic mass is 32.2. The molecule has 1 unspecified atom stereocenters. The van der Waals surface area contributed by atoms with Gasteiger partial charge in [0, 0.05) is 29.8 Å². The van der Waals surface area contributed by atoms with Crippen molar-refractivity contribution in [2.24, 2.45) is 0 Å². The molecule has 26 heavy (non-hydrogen) atoms. The first-order chi connectivity index (χ1) is 12.4. The van der Waals surface area contributed by atoms with Crippen LogP contribution in [0.2, 0.25) is 0 Å². The lowest BCUT2D eigenvalue weighted by Gasteiger charge is -2.27. The molecule has 2 aromatic carbocycles. The summed E-state index contributed by atoms with van der Waals surface area (Å²) in [5.41, 5.74) is 2.41. The standard InChI is InChI=1S/C20H17F2NO2S/c1-26(24,25)18-8-7-14(16-6-3-9-23-20(16)18)15-5-2-4-12-10-13(21)11-17(22)19(12)15/h3,6-11,15H,2,4-5H2,1H3. The number of aryl methyl sites for hydroxylation is 1. The molecule has 1 heterocycles. The number of hydrogen-bond donors (Lipinski definition) is 0. The third kappa shape index (κ3) is 2.78. The van der Waals surface area contributed by atoms with Gasteiger partial charge in [-0.15, -0.1) is 0 Å². The molecule has 0 saturated heterocycles. The zero-order chi connectivity index (χ0) is 18.5. The van der Waals surface area contributed by atoms with Crippen LogP contribution in [0.4, 0.5) is 8.78 Å². The first-order valence-electron chi connectivity index (χ1n) is 8.42. The number of nitrogens with zero attached hydrogens (tertiary/aromatic N) is 1. The van der Waals surface area contributed by atoms with E-state index in [-0.39, 0.29) is 10.8 Å². The Morgan fingerprint density at radius 1 is 1.15 bits per heavy atom. The Kier molecular flexibility index (Phi) is 4.03. The third-order valence-corrected chi connectivity index (χ3v) is 6.14. The van der Waals surface area contributed by atoms with Gasteiger partial charge >= 0.3 is 0 Å². The van der Waals surface area contributed by atoms with Gasteiger partial charge in [-0.05, 0) is 54.2 Å². The highest BCUT2D eigenvalue weighted by molar-refractivity contribution is 7.91. The number of rotatable bonds is 2. The van der Waals surface area contributed by atoms with E-state index in [1.54, 1.807) is 18.3 Å². The molecule has 0 N–H and O–H groups in total. The lowest BCUT2D eigenvalue weighted by molar-refractivity contribution is 0.527. The van der Waals surface area contributed by atoms with Crippen LogP contribution in [0.25, 0.3) is 10.9 Å². The topological polar surface area (TPSA) is 47.0 Å². The molecule has 4 rings (SSSR count). The molecule has 0 fully saturated rings. The number of fused-ring (bicyclic) bond motifs is 2. The predicted octanol–water partition coefficient (Wildman–Crippen LogP) is 4.38. The maximum absolute atomic E-state index is 14.6. The lowest BCUT2D eigenvalue weighted by Crippen LogP contribution is -2.15. The smallest absolute Gasteiger partial charge is 0.177 e. The fourth-order valence-corrected chi connectivity index (χ4v) is 4.79. The Hall–Kier alpha value is -2.34. The van der Waals surface area contributed by atoms with Crippen LogP contribution in [-0.4, -0.2) is 19.7 Å². The Morgan fingerprint density at radius 2 is 1.96 bits per heavy atom. The van der Waals surface area contributed by atoms with Gasteiger partial charge in [-0.1, -0.05) is 12.1 Å². The molecular weight excluding hydrogens is 356 g/mol. The van der Waals surface area contributed by atoms with Crippen LogP contribution in [0.15, 0.2) is 47.5 Å². The summed E-state index contributed by atoms with van der Waals surface area (Å²) in [6.07, 6.45) is 4.87. The van der Waals surface area contributed by atoms with E-state index >= 15 is 0 Å². The Balaban J connectivity index is 1.99. The number of pyridine rings is 1. The van der Waals surface area contributed by atoms with Crippen molar-refractivity contribution >= 4 is 20.7 Å². The van der Waals surface area contributed by atoms with Gasteiger partial charge in [0.15, 0.2) is 9.84 Å². The monoisotopic (exact) mass is 373 g/mol. The van der Waals surface area contributed by atoms with E-state index in [0.717, 1.165) is 30.7 Å². The maximum Gasteiger partial charge on any atom is 0.177 e. The fourth-order valence-electron chi connectivity index (χ4n) is 3.96. The summed E-state index contributed by atoms with van der Waals surface area (Å²) in [4.78, 5) is 4.42. The molecule has 0 bridgehead atoms. The minimum Gasteiger partial charge on any atom is -0.255 e. The van der Waals surface area contributed by atoms with Gasteiger partial charge in [0.1, 0.15) is 11.6 Å². The Morgan fingerprint density at radius 3 is 2.73 bits per heavy atom. The number of hydrogen-bond acceptors (Lipinski definition) is 3. The second kappa shape index (κ2) is 6.13. The van der Waals surface area contributed by atoms with Gasteiger partial charge in [-0.2, -0.15) is 0 Å². The number of aromatic nitrogens is 1. The normalized spacial score (nSPS) is 17.3. The molecule has 1 aromatic heterocycles. The van der Waals surface area contributed by atoms with Crippen LogP contribution in [0.3, 0.4) is 0 Å². The van der Waals surface area contributed by atoms with Gasteiger partial charge in [-0.25, -0.2) is 17.2 Å². The van der Waals surface area contributed by atoms with Crippen LogP contribution >= 0.6 is 0 Å². The summed E-state index contributed by atoms with van der Waals surface area (Å²) in [6, 6.07) is 9.14. The van der Waals surface area contributed by atoms with Crippen molar-refractivity contribution in [3.05, 3.63) is 70.9 Å². The van der Waals surface area contributed by atoms with Crippen molar-refractivity contribution in [3.8, 4) is 0 Å². The fraction of sp³-hybridized carbons (Fsp3) is 0.250. The van der Waals surface area contributed by atoms with Gasteiger partial charge in [0.2, 0.25) is 0 Å². The van der Waals surface area contributed by atoms with Crippen molar-refractivity contribution in [1.29, 1.82) is 0 Å². The van der Waals surface area contributed by atoms with Crippen molar-refractivity contribution in [3.63, 3.8) is 0 Å². The van der Waals surface area contributed by atoms with E-state index in [9.17, 15) is 17.2 Å². The summed E-state index contributed by atoms with van der Waals surface area (Å²) in [7, 11) is -3.44. The average molecular weight is 373 g/mol. The number of halogens is 2. The van der Waals surface area contributed by atoms with Gasteiger partial charge in [0.05, 0.1) is 10.4 Å². The Bertz CT molecular complexity index is 1130. The summed E-state index contributed by atoms with van der Waals surface area (Å²) in [5, 5.41) is 0.692. The van der Waals surface area contributed by atoms with E-state index in [2.05, 4.69) is 4.98 Å². The molecule has 134 valence electrons. The van der Waals surface area contributed by atoms with E-state index < -0.39 is 21.5 Å². The van der Waals surface area contributed by atoms with Gasteiger partial charge in [-0.3, -0.25) is 4.98 Å². The van der Waals surface area contributed by atoms with Gasteiger partial charge < -0.3 is 0 Å². The predicted molar refractivity (Wildman–Crippen MR) is 96.0 cm³/mol.